The Hall–Kier alpha value is -3.34. The summed E-state index contributed by atoms with van der Waals surface area (Å²) in [6.45, 7) is 2.01. The van der Waals surface area contributed by atoms with E-state index in [2.05, 4.69) is 20.2 Å². The molecule has 0 saturated heterocycles. The molecule has 0 saturated carbocycles. The molecule has 0 atom stereocenters. The normalized spacial score (nSPS) is 11.5. The number of H-pyrrole nitrogens is 2. The first-order valence-corrected chi connectivity index (χ1v) is 7.67. The van der Waals surface area contributed by atoms with Gasteiger partial charge in [-0.05, 0) is 24.1 Å². The molecule has 24 heavy (non-hydrogen) atoms. The van der Waals surface area contributed by atoms with Gasteiger partial charge in [-0.2, -0.15) is 5.10 Å². The van der Waals surface area contributed by atoms with Gasteiger partial charge >= 0.3 is 0 Å². The summed E-state index contributed by atoms with van der Waals surface area (Å²) >= 11 is 0. The molecule has 4 rings (SSSR count). The van der Waals surface area contributed by atoms with Crippen LogP contribution in [0.2, 0.25) is 0 Å². The van der Waals surface area contributed by atoms with Crippen LogP contribution < -0.4 is 0 Å². The van der Waals surface area contributed by atoms with Gasteiger partial charge in [-0.15, -0.1) is 0 Å². The molecule has 0 unspecified atom stereocenters. The highest BCUT2D eigenvalue weighted by molar-refractivity contribution is 6.04. The molecule has 0 fully saturated rings. The summed E-state index contributed by atoms with van der Waals surface area (Å²) in [6, 6.07) is 17.7. The van der Waals surface area contributed by atoms with E-state index in [1.807, 2.05) is 61.5 Å². The monoisotopic (exact) mass is 316 g/mol. The number of aliphatic imine (C=N–C) groups is 1. The van der Waals surface area contributed by atoms with Crippen LogP contribution in [0.4, 0.5) is 5.82 Å². The Morgan fingerprint density at radius 2 is 1.92 bits per heavy atom. The van der Waals surface area contributed by atoms with Gasteiger partial charge in [0.2, 0.25) is 0 Å². The Bertz CT molecular complexity index is 1030. The van der Waals surface area contributed by atoms with E-state index in [1.165, 1.54) is 0 Å². The number of aryl methyl sites for hydroxylation is 1. The molecular weight excluding hydrogens is 300 g/mol. The molecule has 5 nitrogen and oxygen atoms in total. The summed E-state index contributed by atoms with van der Waals surface area (Å²) in [7, 11) is 0. The van der Waals surface area contributed by atoms with E-state index in [4.69, 9.17) is 0 Å². The summed E-state index contributed by atoms with van der Waals surface area (Å²) in [5, 5.41) is 18.3. The highest BCUT2D eigenvalue weighted by Crippen LogP contribution is 2.29. The van der Waals surface area contributed by atoms with Crippen LogP contribution in [0, 0.1) is 6.92 Å². The van der Waals surface area contributed by atoms with Crippen molar-refractivity contribution in [3.8, 4) is 17.1 Å². The predicted molar refractivity (Wildman–Crippen MR) is 96.0 cm³/mol. The summed E-state index contributed by atoms with van der Waals surface area (Å²) in [6.07, 6.45) is 1.64. The number of aromatic amines is 2. The minimum Gasteiger partial charge on any atom is -0.494 e. The molecule has 0 spiro atoms. The molecule has 2 aromatic heterocycles. The van der Waals surface area contributed by atoms with Crippen LogP contribution in [0.25, 0.3) is 22.2 Å². The Labute approximate surface area is 138 Å². The van der Waals surface area contributed by atoms with E-state index in [1.54, 1.807) is 6.21 Å². The first kappa shape index (κ1) is 14.3. The average Bonchev–Trinajstić information content (AvgIpc) is 3.19. The maximum atomic E-state index is 10.1. The zero-order valence-electron chi connectivity index (χ0n) is 13.1. The molecule has 4 aromatic rings. The fourth-order valence-electron chi connectivity index (χ4n) is 2.84. The Balaban J connectivity index is 1.69. The van der Waals surface area contributed by atoms with E-state index in [9.17, 15) is 5.11 Å². The Morgan fingerprint density at radius 3 is 2.75 bits per heavy atom. The van der Waals surface area contributed by atoms with Crippen LogP contribution >= 0.6 is 0 Å². The maximum absolute atomic E-state index is 10.1. The molecular formula is C19H16N4O. The van der Waals surface area contributed by atoms with Gasteiger partial charge in [0.05, 0.1) is 11.3 Å². The van der Waals surface area contributed by atoms with E-state index in [0.717, 1.165) is 27.7 Å². The molecule has 0 amide bonds. The summed E-state index contributed by atoms with van der Waals surface area (Å²) < 4.78 is 0. The van der Waals surface area contributed by atoms with Crippen LogP contribution in [0.5, 0.6) is 5.88 Å². The van der Waals surface area contributed by atoms with Crippen LogP contribution in [-0.2, 0) is 0 Å². The van der Waals surface area contributed by atoms with Crippen molar-refractivity contribution in [1.82, 2.24) is 15.2 Å². The molecule has 118 valence electrons. The fourth-order valence-corrected chi connectivity index (χ4v) is 2.84. The molecule has 0 aliphatic rings. The first-order chi connectivity index (χ1) is 11.7. The third-order valence-corrected chi connectivity index (χ3v) is 4.03. The molecule has 0 aliphatic heterocycles. The molecule has 2 aromatic carbocycles. The van der Waals surface area contributed by atoms with E-state index < -0.39 is 0 Å². The topological polar surface area (TPSA) is 77.1 Å². The minimum absolute atomic E-state index is 0.113. The van der Waals surface area contributed by atoms with Gasteiger partial charge in [-0.25, -0.2) is 4.99 Å². The number of benzene rings is 2. The van der Waals surface area contributed by atoms with Crippen molar-refractivity contribution < 1.29 is 5.11 Å². The van der Waals surface area contributed by atoms with Crippen molar-refractivity contribution in [3.63, 3.8) is 0 Å². The molecule has 0 aliphatic carbocycles. The van der Waals surface area contributed by atoms with Gasteiger partial charge in [0.1, 0.15) is 0 Å². The lowest BCUT2D eigenvalue weighted by Gasteiger charge is -1.96. The van der Waals surface area contributed by atoms with Crippen molar-refractivity contribution in [2.75, 3.05) is 0 Å². The summed E-state index contributed by atoms with van der Waals surface area (Å²) in [4.78, 5) is 7.37. The quantitative estimate of drug-likeness (QED) is 0.492. The third-order valence-electron chi connectivity index (χ3n) is 4.03. The largest absolute Gasteiger partial charge is 0.494 e. The Morgan fingerprint density at radius 1 is 1.08 bits per heavy atom. The predicted octanol–water partition coefficient (Wildman–Crippen LogP) is 4.32. The van der Waals surface area contributed by atoms with Gasteiger partial charge in [-0.3, -0.25) is 5.10 Å². The van der Waals surface area contributed by atoms with E-state index in [0.29, 0.717) is 11.4 Å². The third kappa shape index (κ3) is 2.46. The Kier molecular flexibility index (Phi) is 3.39. The van der Waals surface area contributed by atoms with Crippen LogP contribution in [0.1, 0.15) is 11.1 Å². The highest BCUT2D eigenvalue weighted by atomic mass is 16.3. The lowest BCUT2D eigenvalue weighted by molar-refractivity contribution is 0.457. The van der Waals surface area contributed by atoms with Crippen molar-refractivity contribution in [2.24, 2.45) is 4.99 Å². The SMILES string of the molecule is Cc1cccc2[nH]c(O)c(C=Nc3cc(-c4ccccc4)[nH]n3)c12. The number of nitrogens with zero attached hydrogens (tertiary/aromatic N) is 2. The van der Waals surface area contributed by atoms with Crippen molar-refractivity contribution in [3.05, 3.63) is 65.7 Å². The lowest BCUT2D eigenvalue weighted by atomic mass is 10.1. The smallest absolute Gasteiger partial charge is 0.198 e. The van der Waals surface area contributed by atoms with Gasteiger partial charge in [0.25, 0.3) is 0 Å². The van der Waals surface area contributed by atoms with Crippen molar-refractivity contribution in [1.29, 1.82) is 0 Å². The number of nitrogens with one attached hydrogen (secondary N) is 2. The number of fused-ring (bicyclic) bond motifs is 1. The number of aromatic hydroxyl groups is 1. The zero-order valence-corrected chi connectivity index (χ0v) is 13.1. The van der Waals surface area contributed by atoms with Gasteiger partial charge < -0.3 is 10.1 Å². The molecule has 0 bridgehead atoms. The standard InChI is InChI=1S/C19H16N4O/c1-12-6-5-9-15-18(12)14(19(24)21-15)11-20-17-10-16(22-23-17)13-7-3-2-4-8-13/h2-11,21,24H,1H3,(H,22,23). The van der Waals surface area contributed by atoms with Crippen LogP contribution in [0.15, 0.2) is 59.6 Å². The number of aromatic nitrogens is 3. The van der Waals surface area contributed by atoms with Crippen molar-refractivity contribution in [2.45, 2.75) is 6.92 Å². The molecule has 0 radical (unpaired) electrons. The molecule has 3 N–H and O–H groups in total. The maximum Gasteiger partial charge on any atom is 0.198 e. The first-order valence-electron chi connectivity index (χ1n) is 7.67. The summed E-state index contributed by atoms with van der Waals surface area (Å²) in [5.74, 6) is 0.679. The van der Waals surface area contributed by atoms with Gasteiger partial charge in [0.15, 0.2) is 11.7 Å². The molecule has 5 heteroatoms. The van der Waals surface area contributed by atoms with E-state index in [-0.39, 0.29) is 5.88 Å². The number of hydrogen-bond donors (Lipinski definition) is 3. The zero-order chi connectivity index (χ0) is 16.5. The minimum atomic E-state index is 0.113. The van der Waals surface area contributed by atoms with Gasteiger partial charge in [-0.1, -0.05) is 42.5 Å². The average molecular weight is 316 g/mol. The second-order valence-corrected chi connectivity index (χ2v) is 5.65. The fraction of sp³-hybridized carbons (Fsp3) is 0.0526. The lowest BCUT2D eigenvalue weighted by Crippen LogP contribution is -1.82. The van der Waals surface area contributed by atoms with Gasteiger partial charge in [0, 0.05) is 23.2 Å². The second kappa shape index (κ2) is 5.70. The molecule has 2 heterocycles. The highest BCUT2D eigenvalue weighted by Gasteiger charge is 2.11. The second-order valence-electron chi connectivity index (χ2n) is 5.65. The van der Waals surface area contributed by atoms with Crippen LogP contribution in [0.3, 0.4) is 0 Å². The number of hydrogen-bond acceptors (Lipinski definition) is 3. The van der Waals surface area contributed by atoms with Crippen molar-refractivity contribution >= 4 is 22.9 Å². The number of rotatable bonds is 3. The van der Waals surface area contributed by atoms with Crippen LogP contribution in [-0.4, -0.2) is 26.5 Å². The summed E-state index contributed by atoms with van der Waals surface area (Å²) in [5.41, 5.74) is 4.60. The van der Waals surface area contributed by atoms with E-state index >= 15 is 0 Å².